The Bertz CT molecular complexity index is 465. The van der Waals surface area contributed by atoms with Crippen LogP contribution in [-0.4, -0.2) is 43.3 Å². The van der Waals surface area contributed by atoms with E-state index in [1.807, 2.05) is 24.0 Å². The Kier molecular flexibility index (Phi) is 6.81. The van der Waals surface area contributed by atoms with E-state index in [-0.39, 0.29) is 6.54 Å². The van der Waals surface area contributed by atoms with Crippen molar-refractivity contribution < 1.29 is 19.4 Å². The normalized spacial score (nSPS) is 10.7. The molecule has 0 aliphatic heterocycles. The van der Waals surface area contributed by atoms with Crippen LogP contribution in [0.5, 0.6) is 11.5 Å². The number of methoxy groups -OCH3 is 2. The van der Waals surface area contributed by atoms with Crippen LogP contribution in [-0.2, 0) is 11.3 Å². The van der Waals surface area contributed by atoms with Gasteiger partial charge in [0, 0.05) is 12.1 Å². The van der Waals surface area contributed by atoms with E-state index in [2.05, 4.69) is 15.9 Å². The highest BCUT2D eigenvalue weighted by atomic mass is 79.9. The molecular formula is C14H20BrNO4. The molecule has 0 saturated heterocycles. The molecule has 0 aromatic heterocycles. The molecule has 0 heterocycles. The average Bonchev–Trinajstić information content (AvgIpc) is 2.39. The van der Waals surface area contributed by atoms with Gasteiger partial charge >= 0.3 is 5.97 Å². The molecule has 0 saturated carbocycles. The van der Waals surface area contributed by atoms with Gasteiger partial charge in [-0.2, -0.15) is 0 Å². The van der Waals surface area contributed by atoms with Gasteiger partial charge in [-0.3, -0.25) is 9.69 Å². The fourth-order valence-electron chi connectivity index (χ4n) is 2.01. The van der Waals surface area contributed by atoms with Crippen molar-refractivity contribution in [3.8, 4) is 11.5 Å². The van der Waals surface area contributed by atoms with Gasteiger partial charge in [0.15, 0.2) is 0 Å². The van der Waals surface area contributed by atoms with Crippen molar-refractivity contribution in [2.45, 2.75) is 19.9 Å². The number of halogens is 1. The lowest BCUT2D eigenvalue weighted by molar-refractivity contribution is -0.138. The number of hydrogen-bond donors (Lipinski definition) is 1. The summed E-state index contributed by atoms with van der Waals surface area (Å²) in [6.45, 7) is 3.25. The van der Waals surface area contributed by atoms with Crippen LogP contribution in [0.3, 0.4) is 0 Å². The van der Waals surface area contributed by atoms with E-state index >= 15 is 0 Å². The summed E-state index contributed by atoms with van der Waals surface area (Å²) in [5.74, 6) is 0.582. The molecule has 0 bridgehead atoms. The second-order valence-electron chi connectivity index (χ2n) is 4.40. The maximum atomic E-state index is 10.9. The molecule has 1 aromatic rings. The number of benzene rings is 1. The standard InChI is InChI=1S/C14H20BrNO4/c1-4-5-16(9-14(17)18)8-10-6-13(20-3)11(15)7-12(10)19-2/h6-7H,4-5,8-9H2,1-3H3,(H,17,18). The molecule has 0 aliphatic rings. The smallest absolute Gasteiger partial charge is 0.317 e. The molecule has 0 fully saturated rings. The zero-order chi connectivity index (χ0) is 15.1. The van der Waals surface area contributed by atoms with Gasteiger partial charge in [-0.15, -0.1) is 0 Å². The van der Waals surface area contributed by atoms with E-state index < -0.39 is 5.97 Å². The van der Waals surface area contributed by atoms with E-state index in [4.69, 9.17) is 14.6 Å². The van der Waals surface area contributed by atoms with E-state index in [1.54, 1.807) is 14.2 Å². The highest BCUT2D eigenvalue weighted by molar-refractivity contribution is 9.10. The zero-order valence-electron chi connectivity index (χ0n) is 12.0. The van der Waals surface area contributed by atoms with Gasteiger partial charge in [-0.05, 0) is 41.0 Å². The Morgan fingerprint density at radius 3 is 2.45 bits per heavy atom. The monoisotopic (exact) mass is 345 g/mol. The van der Waals surface area contributed by atoms with Crippen LogP contribution in [0.15, 0.2) is 16.6 Å². The van der Waals surface area contributed by atoms with E-state index in [9.17, 15) is 4.79 Å². The Balaban J connectivity index is 3.00. The summed E-state index contributed by atoms with van der Waals surface area (Å²) in [5, 5.41) is 8.95. The first kappa shape index (κ1) is 16.8. The first-order valence-electron chi connectivity index (χ1n) is 6.36. The highest BCUT2D eigenvalue weighted by Crippen LogP contribution is 2.33. The number of rotatable bonds is 8. The molecule has 1 N–H and O–H groups in total. The van der Waals surface area contributed by atoms with Crippen molar-refractivity contribution in [3.63, 3.8) is 0 Å². The van der Waals surface area contributed by atoms with E-state index in [0.29, 0.717) is 24.6 Å². The van der Waals surface area contributed by atoms with Crippen LogP contribution in [0.2, 0.25) is 0 Å². The minimum absolute atomic E-state index is 0.00930. The van der Waals surface area contributed by atoms with Gasteiger partial charge in [-0.25, -0.2) is 0 Å². The fourth-order valence-corrected chi connectivity index (χ4v) is 2.49. The molecule has 1 aromatic carbocycles. The number of ether oxygens (including phenoxy) is 2. The first-order chi connectivity index (χ1) is 9.51. The van der Waals surface area contributed by atoms with Crippen molar-refractivity contribution >= 4 is 21.9 Å². The van der Waals surface area contributed by atoms with Gasteiger partial charge in [0.25, 0.3) is 0 Å². The molecule has 6 heteroatoms. The molecule has 112 valence electrons. The summed E-state index contributed by atoms with van der Waals surface area (Å²) < 4.78 is 11.4. The van der Waals surface area contributed by atoms with E-state index in [1.165, 1.54) is 0 Å². The van der Waals surface area contributed by atoms with Crippen LogP contribution in [0.4, 0.5) is 0 Å². The molecule has 0 aliphatic carbocycles. The van der Waals surface area contributed by atoms with Gasteiger partial charge in [0.2, 0.25) is 0 Å². The largest absolute Gasteiger partial charge is 0.496 e. The quantitative estimate of drug-likeness (QED) is 0.784. The second kappa shape index (κ2) is 8.11. The number of carbonyl (C=O) groups is 1. The predicted molar refractivity (Wildman–Crippen MR) is 80.4 cm³/mol. The SMILES string of the molecule is CCCN(CC(=O)O)Cc1cc(OC)c(Br)cc1OC. The summed E-state index contributed by atoms with van der Waals surface area (Å²) in [7, 11) is 3.19. The number of nitrogens with zero attached hydrogens (tertiary/aromatic N) is 1. The van der Waals surface area contributed by atoms with Crippen molar-refractivity contribution in [2.75, 3.05) is 27.3 Å². The fraction of sp³-hybridized carbons (Fsp3) is 0.500. The Morgan fingerprint density at radius 1 is 1.30 bits per heavy atom. The third-order valence-corrected chi connectivity index (χ3v) is 3.47. The lowest BCUT2D eigenvalue weighted by Gasteiger charge is -2.21. The van der Waals surface area contributed by atoms with Crippen LogP contribution >= 0.6 is 15.9 Å². The van der Waals surface area contributed by atoms with Crippen molar-refractivity contribution in [3.05, 3.63) is 22.2 Å². The Labute approximate surface area is 127 Å². The molecule has 5 nitrogen and oxygen atoms in total. The highest BCUT2D eigenvalue weighted by Gasteiger charge is 2.15. The van der Waals surface area contributed by atoms with Crippen LogP contribution < -0.4 is 9.47 Å². The molecule has 1 rings (SSSR count). The van der Waals surface area contributed by atoms with Crippen molar-refractivity contribution in [2.24, 2.45) is 0 Å². The van der Waals surface area contributed by atoms with Gasteiger partial charge in [-0.1, -0.05) is 6.92 Å². The molecule has 0 unspecified atom stereocenters. The lowest BCUT2D eigenvalue weighted by Crippen LogP contribution is -2.30. The number of hydrogen-bond acceptors (Lipinski definition) is 4. The van der Waals surface area contributed by atoms with Gasteiger partial charge in [0.05, 0.1) is 25.2 Å². The molecule has 20 heavy (non-hydrogen) atoms. The number of carboxylic acids is 1. The van der Waals surface area contributed by atoms with Crippen molar-refractivity contribution in [1.29, 1.82) is 0 Å². The van der Waals surface area contributed by atoms with Crippen LogP contribution in [0.25, 0.3) is 0 Å². The third kappa shape index (κ3) is 4.68. The minimum Gasteiger partial charge on any atom is -0.496 e. The summed E-state index contributed by atoms with van der Waals surface area (Å²) in [5.41, 5.74) is 0.905. The molecule has 0 radical (unpaired) electrons. The average molecular weight is 346 g/mol. The molecule has 0 atom stereocenters. The predicted octanol–water partition coefficient (Wildman–Crippen LogP) is 2.76. The number of carboxylic acid groups (broad SMARTS) is 1. The molecule has 0 amide bonds. The summed E-state index contributed by atoms with van der Waals surface area (Å²) in [6.07, 6.45) is 0.892. The first-order valence-corrected chi connectivity index (χ1v) is 7.15. The Hall–Kier alpha value is -1.27. The topological polar surface area (TPSA) is 59.0 Å². The zero-order valence-corrected chi connectivity index (χ0v) is 13.6. The maximum absolute atomic E-state index is 10.9. The summed E-state index contributed by atoms with van der Waals surface area (Å²) in [6, 6.07) is 3.70. The minimum atomic E-state index is -0.832. The second-order valence-corrected chi connectivity index (χ2v) is 5.26. The summed E-state index contributed by atoms with van der Waals surface area (Å²) >= 11 is 3.41. The van der Waals surface area contributed by atoms with E-state index in [0.717, 1.165) is 16.5 Å². The third-order valence-electron chi connectivity index (χ3n) is 2.85. The van der Waals surface area contributed by atoms with Gasteiger partial charge < -0.3 is 14.6 Å². The van der Waals surface area contributed by atoms with Crippen LogP contribution in [0.1, 0.15) is 18.9 Å². The lowest BCUT2D eigenvalue weighted by atomic mass is 10.1. The number of aliphatic carboxylic acids is 1. The Morgan fingerprint density at radius 2 is 1.95 bits per heavy atom. The summed E-state index contributed by atoms with van der Waals surface area (Å²) in [4.78, 5) is 12.8. The van der Waals surface area contributed by atoms with Gasteiger partial charge in [0.1, 0.15) is 11.5 Å². The van der Waals surface area contributed by atoms with Crippen molar-refractivity contribution in [1.82, 2.24) is 4.90 Å². The maximum Gasteiger partial charge on any atom is 0.317 e. The molecular weight excluding hydrogens is 326 g/mol. The molecule has 0 spiro atoms. The van der Waals surface area contributed by atoms with Crippen LogP contribution in [0, 0.1) is 0 Å².